The number of ether oxygens (including phenoxy) is 2. The average Bonchev–Trinajstić information content (AvgIpc) is 3.70. The Kier molecular flexibility index (Phi) is 60.3. The Morgan fingerprint density at radius 2 is 0.738 bits per heavy atom. The summed E-state index contributed by atoms with van der Waals surface area (Å²) in [6.45, 7) is 3.77. The van der Waals surface area contributed by atoms with Crippen LogP contribution in [0.15, 0.2) is 72.9 Å². The van der Waals surface area contributed by atoms with E-state index < -0.39 is 49.5 Å². The summed E-state index contributed by atoms with van der Waals surface area (Å²) >= 11 is 0. The smallest absolute Gasteiger partial charge is 0.220 e. The third-order valence-corrected chi connectivity index (χ3v) is 17.1. The van der Waals surface area contributed by atoms with Crippen LogP contribution in [-0.4, -0.2) is 87.5 Å². The topological polar surface area (TPSA) is 149 Å². The molecule has 1 rings (SSSR count). The Balaban J connectivity index is 2.08. The molecule has 0 spiro atoms. The van der Waals surface area contributed by atoms with Crippen molar-refractivity contribution in [2.75, 3.05) is 13.2 Å². The van der Waals surface area contributed by atoms with Crippen molar-refractivity contribution in [2.45, 2.75) is 384 Å². The predicted octanol–water partition coefficient (Wildman–Crippen LogP) is 19.9. The summed E-state index contributed by atoms with van der Waals surface area (Å²) in [7, 11) is 0. The van der Waals surface area contributed by atoms with Crippen molar-refractivity contribution in [1.29, 1.82) is 0 Å². The summed E-state index contributed by atoms with van der Waals surface area (Å²) < 4.78 is 11.4. The molecule has 1 fully saturated rings. The van der Waals surface area contributed by atoms with E-state index in [0.29, 0.717) is 12.8 Å². The lowest BCUT2D eigenvalue weighted by atomic mass is 9.99. The van der Waals surface area contributed by atoms with Gasteiger partial charge in [-0.3, -0.25) is 4.79 Å². The van der Waals surface area contributed by atoms with E-state index in [1.54, 1.807) is 0 Å². The third kappa shape index (κ3) is 51.7. The zero-order chi connectivity index (χ0) is 60.7. The summed E-state index contributed by atoms with van der Waals surface area (Å²) in [6.07, 6.45) is 82.6. The van der Waals surface area contributed by atoms with Gasteiger partial charge in [0.2, 0.25) is 5.91 Å². The molecule has 1 aliphatic rings. The minimum Gasteiger partial charge on any atom is -0.394 e. The Morgan fingerprint density at radius 1 is 0.417 bits per heavy atom. The molecule has 0 bridgehead atoms. The molecule has 1 amide bonds. The number of carbonyl (C=O) groups excluding carboxylic acids is 1. The number of hydrogen-bond donors (Lipinski definition) is 6. The van der Waals surface area contributed by atoms with Gasteiger partial charge in [0.15, 0.2) is 6.29 Å². The summed E-state index contributed by atoms with van der Waals surface area (Å²) in [5.41, 5.74) is 0. The zero-order valence-electron chi connectivity index (χ0n) is 54.9. The van der Waals surface area contributed by atoms with Crippen molar-refractivity contribution in [2.24, 2.45) is 0 Å². The van der Waals surface area contributed by atoms with Gasteiger partial charge in [0.25, 0.3) is 0 Å². The highest BCUT2D eigenvalue weighted by Crippen LogP contribution is 2.24. The van der Waals surface area contributed by atoms with Gasteiger partial charge in [0, 0.05) is 6.42 Å². The van der Waals surface area contributed by atoms with Crippen LogP contribution < -0.4 is 5.32 Å². The number of aliphatic hydroxyl groups excluding tert-OH is 5. The Labute approximate surface area is 519 Å². The lowest BCUT2D eigenvalue weighted by molar-refractivity contribution is -0.302. The molecule has 0 aromatic rings. The largest absolute Gasteiger partial charge is 0.394 e. The molecule has 0 radical (unpaired) electrons. The van der Waals surface area contributed by atoms with Gasteiger partial charge in [0.1, 0.15) is 24.4 Å². The maximum absolute atomic E-state index is 13.2. The second-order valence-corrected chi connectivity index (χ2v) is 25.0. The van der Waals surface area contributed by atoms with E-state index in [0.717, 1.165) is 77.0 Å². The normalized spacial score (nSPS) is 18.6. The van der Waals surface area contributed by atoms with Gasteiger partial charge in [0.05, 0.1) is 25.4 Å². The Bertz CT molecular complexity index is 1560. The molecule has 6 N–H and O–H groups in total. The van der Waals surface area contributed by atoms with Gasteiger partial charge in [-0.05, 0) is 64.2 Å². The number of rotatable bonds is 63. The molecule has 0 aromatic heterocycles. The second-order valence-electron chi connectivity index (χ2n) is 25.0. The summed E-state index contributed by atoms with van der Waals surface area (Å²) in [4.78, 5) is 13.2. The highest BCUT2D eigenvalue weighted by atomic mass is 16.7. The van der Waals surface area contributed by atoms with Gasteiger partial charge in [-0.1, -0.05) is 344 Å². The van der Waals surface area contributed by atoms with Crippen LogP contribution in [0, 0.1) is 0 Å². The molecule has 7 unspecified atom stereocenters. The number of carbonyl (C=O) groups is 1. The molecule has 7 atom stereocenters. The van der Waals surface area contributed by atoms with E-state index in [1.807, 2.05) is 0 Å². The minimum absolute atomic E-state index is 0.136. The number of nitrogens with one attached hydrogen (secondary N) is 1. The lowest BCUT2D eigenvalue weighted by Gasteiger charge is -2.40. The van der Waals surface area contributed by atoms with E-state index in [4.69, 9.17) is 9.47 Å². The van der Waals surface area contributed by atoms with E-state index in [1.165, 1.54) is 238 Å². The number of allylic oxidation sites excluding steroid dienone is 12. The summed E-state index contributed by atoms with van der Waals surface area (Å²) in [5, 5.41) is 55.0. The van der Waals surface area contributed by atoms with Crippen LogP contribution in [0.3, 0.4) is 0 Å². The van der Waals surface area contributed by atoms with Crippen molar-refractivity contribution in [3.8, 4) is 0 Å². The molecule has 84 heavy (non-hydrogen) atoms. The minimum atomic E-state index is -1.56. The zero-order valence-corrected chi connectivity index (χ0v) is 54.9. The molecule has 1 aliphatic heterocycles. The van der Waals surface area contributed by atoms with E-state index in [2.05, 4.69) is 92.1 Å². The fraction of sp³-hybridized carbons (Fsp3) is 0.827. The standard InChI is InChI=1S/C75H137NO8/c1-3-5-7-9-11-13-15-17-19-21-23-25-27-29-30-31-32-33-34-35-36-37-38-39-40-41-43-45-47-49-51-53-55-57-59-61-63-65-71(79)76-68(67-83-75-74(82)73(81)72(80)70(66-77)84-75)69(78)64-62-60-58-56-54-52-50-48-46-44-42-28-26-24-22-20-18-16-14-12-10-8-6-4-2/h5,7,11,13,17,19,23,25,29-30,32-33,68-70,72-75,77-78,80-82H,3-4,6,8-10,12,14-16,18,20-22,24,26-28,31,34-67H2,1-2H3,(H,76,79)/b7-5-,13-11-,19-17-,25-23-,30-29-,33-32-. The molecule has 0 aliphatic carbocycles. The summed E-state index contributed by atoms with van der Waals surface area (Å²) in [6, 6.07) is -0.722. The first-order valence-corrected chi connectivity index (χ1v) is 36.1. The second kappa shape index (κ2) is 63.6. The van der Waals surface area contributed by atoms with Crippen LogP contribution in [-0.2, 0) is 14.3 Å². The van der Waals surface area contributed by atoms with E-state index >= 15 is 0 Å². The molecule has 9 heteroatoms. The molecular weight excluding hydrogens is 1040 g/mol. The van der Waals surface area contributed by atoms with Crippen LogP contribution in [0.4, 0.5) is 0 Å². The highest BCUT2D eigenvalue weighted by molar-refractivity contribution is 5.76. The Hall–Kier alpha value is -2.37. The molecule has 490 valence electrons. The quantitative estimate of drug-likeness (QED) is 0.0261. The van der Waals surface area contributed by atoms with Gasteiger partial charge in [-0.2, -0.15) is 0 Å². The van der Waals surface area contributed by atoms with Gasteiger partial charge in [-0.15, -0.1) is 0 Å². The summed E-state index contributed by atoms with van der Waals surface area (Å²) in [5.74, 6) is -0.139. The van der Waals surface area contributed by atoms with Crippen LogP contribution in [0.2, 0.25) is 0 Å². The first kappa shape index (κ1) is 79.6. The van der Waals surface area contributed by atoms with Gasteiger partial charge in [-0.25, -0.2) is 0 Å². The molecule has 0 aromatic carbocycles. The fourth-order valence-corrected chi connectivity index (χ4v) is 11.5. The number of hydrogen-bond acceptors (Lipinski definition) is 8. The molecule has 1 saturated heterocycles. The fourth-order valence-electron chi connectivity index (χ4n) is 11.5. The van der Waals surface area contributed by atoms with Crippen LogP contribution in [0.1, 0.15) is 341 Å². The number of aliphatic hydroxyl groups is 5. The van der Waals surface area contributed by atoms with Crippen LogP contribution >= 0.6 is 0 Å². The van der Waals surface area contributed by atoms with E-state index in [-0.39, 0.29) is 12.5 Å². The van der Waals surface area contributed by atoms with Crippen molar-refractivity contribution in [3.05, 3.63) is 72.9 Å². The predicted molar refractivity (Wildman–Crippen MR) is 359 cm³/mol. The van der Waals surface area contributed by atoms with Crippen molar-refractivity contribution >= 4 is 5.91 Å². The molecule has 9 nitrogen and oxygen atoms in total. The number of amides is 1. The SMILES string of the molecule is CC/C=C\C/C=C\C/C=C\C/C=C\C/C=C\C/C=C\CCCCCCCCCCCCCCCCCCCCC(=O)NC(COC1OC(CO)C(O)C(O)C1O)C(O)CCCCCCCCCCCCCCCCCCCCCCCCCC. The molecular formula is C75H137NO8. The lowest BCUT2D eigenvalue weighted by Crippen LogP contribution is -2.60. The van der Waals surface area contributed by atoms with Crippen molar-refractivity contribution in [3.63, 3.8) is 0 Å². The maximum Gasteiger partial charge on any atom is 0.220 e. The first-order chi connectivity index (χ1) is 41.3. The first-order valence-electron chi connectivity index (χ1n) is 36.1. The maximum atomic E-state index is 13.2. The average molecular weight is 1180 g/mol. The van der Waals surface area contributed by atoms with E-state index in [9.17, 15) is 30.3 Å². The van der Waals surface area contributed by atoms with Crippen molar-refractivity contribution in [1.82, 2.24) is 5.32 Å². The van der Waals surface area contributed by atoms with Gasteiger partial charge < -0.3 is 40.3 Å². The van der Waals surface area contributed by atoms with Crippen LogP contribution in [0.5, 0.6) is 0 Å². The monoisotopic (exact) mass is 1180 g/mol. The highest BCUT2D eigenvalue weighted by Gasteiger charge is 2.44. The van der Waals surface area contributed by atoms with Gasteiger partial charge >= 0.3 is 0 Å². The third-order valence-electron chi connectivity index (χ3n) is 17.1. The Morgan fingerprint density at radius 3 is 1.10 bits per heavy atom. The van der Waals surface area contributed by atoms with Crippen molar-refractivity contribution < 1.29 is 39.8 Å². The molecule has 1 heterocycles. The van der Waals surface area contributed by atoms with Crippen LogP contribution in [0.25, 0.3) is 0 Å². The number of unbranched alkanes of at least 4 members (excludes halogenated alkanes) is 41. The molecule has 0 saturated carbocycles.